The molecule has 0 aliphatic rings. The van der Waals surface area contributed by atoms with E-state index in [9.17, 15) is 9.59 Å². The number of carboxylic acid groups (broad SMARTS) is 1. The first-order valence-corrected chi connectivity index (χ1v) is 7.36. The fourth-order valence-corrected chi connectivity index (χ4v) is 2.93. The molecule has 6 heteroatoms. The van der Waals surface area contributed by atoms with E-state index < -0.39 is 5.97 Å². The van der Waals surface area contributed by atoms with Crippen LogP contribution in [0.1, 0.15) is 41.9 Å². The lowest BCUT2D eigenvalue weighted by Gasteiger charge is -2.26. The Hall–Kier alpha value is -1.07. The summed E-state index contributed by atoms with van der Waals surface area (Å²) in [6, 6.07) is 0.0137. The van der Waals surface area contributed by atoms with Gasteiger partial charge in [-0.15, -0.1) is 11.3 Å². The third kappa shape index (κ3) is 4.21. The quantitative estimate of drug-likeness (QED) is 0.876. The number of hydrogen-bond acceptors (Lipinski definition) is 3. The van der Waals surface area contributed by atoms with Crippen molar-refractivity contribution in [2.24, 2.45) is 0 Å². The topological polar surface area (TPSA) is 57.6 Å². The number of halogens is 1. The van der Waals surface area contributed by atoms with Crippen molar-refractivity contribution in [3.05, 3.63) is 20.8 Å². The monoisotopic (exact) mass is 303 g/mol. The maximum atomic E-state index is 12.4. The van der Waals surface area contributed by atoms with Crippen LogP contribution in [-0.4, -0.2) is 34.5 Å². The highest BCUT2D eigenvalue weighted by molar-refractivity contribution is 7.13. The molecule has 0 aliphatic heterocycles. The van der Waals surface area contributed by atoms with Gasteiger partial charge in [0.1, 0.15) is 4.88 Å². The predicted molar refractivity (Wildman–Crippen MR) is 77.1 cm³/mol. The maximum absolute atomic E-state index is 12.4. The number of rotatable bonds is 6. The summed E-state index contributed by atoms with van der Waals surface area (Å²) in [4.78, 5) is 25.1. The molecular weight excluding hydrogens is 286 g/mol. The second kappa shape index (κ2) is 6.91. The van der Waals surface area contributed by atoms with Crippen LogP contribution in [0, 0.1) is 6.92 Å². The predicted octanol–water partition coefficient (Wildman–Crippen LogP) is 3.43. The van der Waals surface area contributed by atoms with Crippen molar-refractivity contribution in [3.63, 3.8) is 0 Å². The number of nitrogens with zero attached hydrogens (tertiary/aromatic N) is 1. The number of carbonyl (C=O) groups is 2. The molecule has 0 saturated carbocycles. The Morgan fingerprint density at radius 2 is 2.11 bits per heavy atom. The van der Waals surface area contributed by atoms with Crippen LogP contribution < -0.4 is 0 Å². The highest BCUT2D eigenvalue weighted by Crippen LogP contribution is 2.28. The summed E-state index contributed by atoms with van der Waals surface area (Å²) in [5.74, 6) is -0.968. The van der Waals surface area contributed by atoms with Crippen molar-refractivity contribution >= 4 is 34.8 Å². The second-order valence-electron chi connectivity index (χ2n) is 4.65. The van der Waals surface area contributed by atoms with E-state index in [1.807, 2.05) is 26.2 Å². The first-order valence-electron chi connectivity index (χ1n) is 6.11. The van der Waals surface area contributed by atoms with Crippen molar-refractivity contribution in [2.75, 3.05) is 6.54 Å². The minimum absolute atomic E-state index is 0.0137. The Labute approximate surface area is 122 Å². The van der Waals surface area contributed by atoms with Crippen molar-refractivity contribution in [2.45, 2.75) is 39.7 Å². The lowest BCUT2D eigenvalue weighted by atomic mass is 10.2. The van der Waals surface area contributed by atoms with Gasteiger partial charge in [0.2, 0.25) is 0 Å². The summed E-state index contributed by atoms with van der Waals surface area (Å²) in [7, 11) is 0. The summed E-state index contributed by atoms with van der Waals surface area (Å²) in [6.45, 7) is 6.11. The van der Waals surface area contributed by atoms with E-state index in [0.717, 1.165) is 5.56 Å². The molecule has 0 atom stereocenters. The molecule has 1 aromatic rings. The lowest BCUT2D eigenvalue weighted by Crippen LogP contribution is -2.37. The van der Waals surface area contributed by atoms with E-state index in [4.69, 9.17) is 16.7 Å². The zero-order valence-corrected chi connectivity index (χ0v) is 12.8. The van der Waals surface area contributed by atoms with Crippen molar-refractivity contribution in [3.8, 4) is 0 Å². The van der Waals surface area contributed by atoms with E-state index in [2.05, 4.69) is 0 Å². The van der Waals surface area contributed by atoms with Crippen LogP contribution in [0.25, 0.3) is 0 Å². The molecule has 0 fully saturated rings. The van der Waals surface area contributed by atoms with Gasteiger partial charge in [0.25, 0.3) is 5.91 Å². The molecular formula is C13H18ClNO3S. The number of carboxylic acids is 1. The molecule has 106 valence electrons. The molecule has 0 bridgehead atoms. The van der Waals surface area contributed by atoms with Gasteiger partial charge in [-0.05, 0) is 38.1 Å². The summed E-state index contributed by atoms with van der Waals surface area (Å²) in [5, 5.41) is 11.0. The highest BCUT2D eigenvalue weighted by Gasteiger charge is 2.23. The molecule has 0 saturated heterocycles. The molecule has 0 unspecified atom stereocenters. The van der Waals surface area contributed by atoms with E-state index in [1.54, 1.807) is 4.90 Å². The van der Waals surface area contributed by atoms with Crippen LogP contribution in [0.4, 0.5) is 0 Å². The van der Waals surface area contributed by atoms with Crippen molar-refractivity contribution < 1.29 is 14.7 Å². The fraction of sp³-hybridized carbons (Fsp3) is 0.538. The van der Waals surface area contributed by atoms with Crippen LogP contribution in [0.5, 0.6) is 0 Å². The smallest absolute Gasteiger partial charge is 0.303 e. The van der Waals surface area contributed by atoms with Crippen molar-refractivity contribution in [1.82, 2.24) is 4.90 Å². The number of aryl methyl sites for hydroxylation is 1. The zero-order chi connectivity index (χ0) is 14.6. The standard InChI is InChI=1S/C13H18ClNO3S/c1-8(2)15(6-4-5-10(16)17)13(18)12-11(14)9(3)7-19-12/h7-8H,4-6H2,1-3H3,(H,16,17). The molecule has 1 rings (SSSR count). The number of amides is 1. The third-order valence-corrected chi connectivity index (χ3v) is 4.45. The first-order chi connectivity index (χ1) is 8.84. The Kier molecular flexibility index (Phi) is 5.82. The van der Waals surface area contributed by atoms with Crippen molar-refractivity contribution in [1.29, 1.82) is 0 Å². The second-order valence-corrected chi connectivity index (χ2v) is 5.91. The molecule has 4 nitrogen and oxygen atoms in total. The highest BCUT2D eigenvalue weighted by atomic mass is 35.5. The summed E-state index contributed by atoms with van der Waals surface area (Å²) in [5.41, 5.74) is 0.893. The molecule has 1 N–H and O–H groups in total. The first kappa shape index (κ1) is 16.0. The number of hydrogen-bond donors (Lipinski definition) is 1. The molecule has 19 heavy (non-hydrogen) atoms. The summed E-state index contributed by atoms with van der Waals surface area (Å²) in [6.07, 6.45) is 0.509. The molecule has 0 aliphatic carbocycles. The maximum Gasteiger partial charge on any atom is 0.303 e. The summed E-state index contributed by atoms with van der Waals surface area (Å²) < 4.78 is 0. The minimum Gasteiger partial charge on any atom is -0.481 e. The average Bonchev–Trinajstić information content (AvgIpc) is 2.64. The number of thiophene rings is 1. The van der Waals surface area contributed by atoms with Gasteiger partial charge in [-0.25, -0.2) is 0 Å². The molecule has 1 heterocycles. The van der Waals surface area contributed by atoms with Gasteiger partial charge in [-0.2, -0.15) is 0 Å². The Balaban J connectivity index is 2.79. The van der Waals surface area contributed by atoms with E-state index in [1.165, 1.54) is 11.3 Å². The lowest BCUT2D eigenvalue weighted by molar-refractivity contribution is -0.137. The largest absolute Gasteiger partial charge is 0.481 e. The Morgan fingerprint density at radius 1 is 1.47 bits per heavy atom. The van der Waals surface area contributed by atoms with Gasteiger partial charge in [-0.1, -0.05) is 11.6 Å². The Morgan fingerprint density at radius 3 is 2.53 bits per heavy atom. The van der Waals surface area contributed by atoms with E-state index in [-0.39, 0.29) is 18.4 Å². The van der Waals surface area contributed by atoms with Crippen LogP contribution in [0.15, 0.2) is 5.38 Å². The van der Waals surface area contributed by atoms with E-state index in [0.29, 0.717) is 22.9 Å². The fourth-order valence-electron chi connectivity index (χ4n) is 1.70. The van der Waals surface area contributed by atoms with Gasteiger partial charge < -0.3 is 10.0 Å². The average molecular weight is 304 g/mol. The van der Waals surface area contributed by atoms with Gasteiger partial charge in [0, 0.05) is 19.0 Å². The zero-order valence-electron chi connectivity index (χ0n) is 11.3. The number of carbonyl (C=O) groups excluding carboxylic acids is 1. The number of aliphatic carboxylic acids is 1. The molecule has 1 amide bonds. The van der Waals surface area contributed by atoms with Crippen LogP contribution >= 0.6 is 22.9 Å². The third-order valence-electron chi connectivity index (χ3n) is 2.77. The molecule has 1 aromatic heterocycles. The normalized spacial score (nSPS) is 10.8. The van der Waals surface area contributed by atoms with Gasteiger partial charge in [0.05, 0.1) is 5.02 Å². The van der Waals surface area contributed by atoms with Gasteiger partial charge in [-0.3, -0.25) is 9.59 Å². The minimum atomic E-state index is -0.846. The van der Waals surface area contributed by atoms with Crippen LogP contribution in [-0.2, 0) is 4.79 Å². The van der Waals surface area contributed by atoms with Crippen LogP contribution in [0.2, 0.25) is 5.02 Å². The van der Waals surface area contributed by atoms with Gasteiger partial charge in [0.15, 0.2) is 0 Å². The van der Waals surface area contributed by atoms with Gasteiger partial charge >= 0.3 is 5.97 Å². The molecule has 0 radical (unpaired) electrons. The molecule has 0 aromatic carbocycles. The summed E-state index contributed by atoms with van der Waals surface area (Å²) >= 11 is 7.44. The van der Waals surface area contributed by atoms with E-state index >= 15 is 0 Å². The molecule has 0 spiro atoms. The Bertz CT molecular complexity index is 470. The SMILES string of the molecule is Cc1csc(C(=O)N(CCCC(=O)O)C(C)C)c1Cl. The van der Waals surface area contributed by atoms with Crippen LogP contribution in [0.3, 0.4) is 0 Å².